The third kappa shape index (κ3) is 3.03. The highest BCUT2D eigenvalue weighted by molar-refractivity contribution is 9.10. The van der Waals surface area contributed by atoms with E-state index in [4.69, 9.17) is 0 Å². The molecule has 0 heterocycles. The van der Waals surface area contributed by atoms with Crippen LogP contribution < -0.4 is 0 Å². The minimum Gasteiger partial charge on any atom is -0.258 e. The van der Waals surface area contributed by atoms with Crippen molar-refractivity contribution >= 4 is 21.6 Å². The zero-order chi connectivity index (χ0) is 16.4. The molecule has 0 bridgehead atoms. The minimum absolute atomic E-state index is 0.0976. The second-order valence-electron chi connectivity index (χ2n) is 5.28. The SMILES string of the molecule is Cc1ccccc1-c1ccccc1-c1ccc(Br)cc1[N+](=O)[O-]. The van der Waals surface area contributed by atoms with E-state index >= 15 is 0 Å². The first-order valence-corrected chi connectivity index (χ1v) is 7.96. The summed E-state index contributed by atoms with van der Waals surface area (Å²) in [6, 6.07) is 21.0. The Morgan fingerprint density at radius 2 is 1.39 bits per heavy atom. The summed E-state index contributed by atoms with van der Waals surface area (Å²) in [6.45, 7) is 2.04. The maximum absolute atomic E-state index is 11.4. The molecule has 0 radical (unpaired) electrons. The lowest BCUT2D eigenvalue weighted by molar-refractivity contribution is -0.384. The van der Waals surface area contributed by atoms with Crippen molar-refractivity contribution in [2.45, 2.75) is 6.92 Å². The number of hydrogen-bond donors (Lipinski definition) is 0. The third-order valence-electron chi connectivity index (χ3n) is 3.81. The van der Waals surface area contributed by atoms with Gasteiger partial charge in [-0.2, -0.15) is 0 Å². The summed E-state index contributed by atoms with van der Waals surface area (Å²) in [5.74, 6) is 0. The van der Waals surface area contributed by atoms with Crippen molar-refractivity contribution in [2.24, 2.45) is 0 Å². The molecule has 0 aromatic heterocycles. The van der Waals surface area contributed by atoms with Crippen LogP contribution in [0.2, 0.25) is 0 Å². The Morgan fingerprint density at radius 3 is 2.00 bits per heavy atom. The fourth-order valence-electron chi connectivity index (χ4n) is 2.71. The van der Waals surface area contributed by atoms with E-state index in [1.807, 2.05) is 61.5 Å². The van der Waals surface area contributed by atoms with Crippen molar-refractivity contribution in [3.8, 4) is 22.3 Å². The van der Waals surface area contributed by atoms with Gasteiger partial charge in [-0.1, -0.05) is 64.5 Å². The summed E-state index contributed by atoms with van der Waals surface area (Å²) in [6.07, 6.45) is 0. The molecule has 3 aromatic carbocycles. The molecular weight excluding hydrogens is 354 g/mol. The Balaban J connectivity index is 2.28. The van der Waals surface area contributed by atoms with E-state index in [2.05, 4.69) is 15.9 Å². The van der Waals surface area contributed by atoms with Crippen LogP contribution in [0.4, 0.5) is 5.69 Å². The maximum atomic E-state index is 11.4. The molecule has 4 heteroatoms. The Morgan fingerprint density at radius 1 is 0.826 bits per heavy atom. The number of aryl methyl sites for hydroxylation is 1. The van der Waals surface area contributed by atoms with E-state index in [-0.39, 0.29) is 10.6 Å². The quantitative estimate of drug-likeness (QED) is 0.420. The van der Waals surface area contributed by atoms with Gasteiger partial charge < -0.3 is 0 Å². The first kappa shape index (κ1) is 15.4. The van der Waals surface area contributed by atoms with E-state index in [1.165, 1.54) is 0 Å². The highest BCUT2D eigenvalue weighted by Crippen LogP contribution is 2.39. The van der Waals surface area contributed by atoms with Gasteiger partial charge in [0.1, 0.15) is 0 Å². The zero-order valence-corrected chi connectivity index (χ0v) is 14.1. The van der Waals surface area contributed by atoms with Gasteiger partial charge in [-0.25, -0.2) is 0 Å². The van der Waals surface area contributed by atoms with Crippen LogP contribution in [0.15, 0.2) is 71.2 Å². The first-order valence-electron chi connectivity index (χ1n) is 7.17. The van der Waals surface area contributed by atoms with Crippen LogP contribution in [-0.4, -0.2) is 4.92 Å². The second-order valence-corrected chi connectivity index (χ2v) is 6.19. The number of rotatable bonds is 3. The summed E-state index contributed by atoms with van der Waals surface area (Å²) < 4.78 is 0.696. The fourth-order valence-corrected chi connectivity index (χ4v) is 3.06. The molecule has 0 unspecified atom stereocenters. The van der Waals surface area contributed by atoms with Crippen LogP contribution in [0.3, 0.4) is 0 Å². The maximum Gasteiger partial charge on any atom is 0.278 e. The van der Waals surface area contributed by atoms with E-state index in [0.717, 1.165) is 22.3 Å². The van der Waals surface area contributed by atoms with Gasteiger partial charge in [0, 0.05) is 10.5 Å². The van der Waals surface area contributed by atoms with Crippen molar-refractivity contribution in [3.63, 3.8) is 0 Å². The summed E-state index contributed by atoms with van der Waals surface area (Å²) >= 11 is 3.31. The van der Waals surface area contributed by atoms with Gasteiger partial charge in [0.15, 0.2) is 0 Å². The Labute approximate surface area is 142 Å². The molecule has 0 aliphatic heterocycles. The molecule has 0 amide bonds. The van der Waals surface area contributed by atoms with Crippen LogP contribution >= 0.6 is 15.9 Å². The number of nitrogens with zero attached hydrogens (tertiary/aromatic N) is 1. The van der Waals surface area contributed by atoms with Crippen LogP contribution in [-0.2, 0) is 0 Å². The summed E-state index contributed by atoms with van der Waals surface area (Å²) in [7, 11) is 0. The molecule has 0 fully saturated rings. The van der Waals surface area contributed by atoms with Gasteiger partial charge >= 0.3 is 0 Å². The molecule has 0 aliphatic carbocycles. The minimum atomic E-state index is -0.339. The summed E-state index contributed by atoms with van der Waals surface area (Å²) in [5.41, 5.74) is 4.80. The van der Waals surface area contributed by atoms with Crippen LogP contribution in [0.5, 0.6) is 0 Å². The predicted molar refractivity (Wildman–Crippen MR) is 96.4 cm³/mol. The molecule has 0 atom stereocenters. The standard InChI is InChI=1S/C19H14BrNO2/c1-13-6-2-3-7-15(13)16-8-4-5-9-17(16)18-11-10-14(20)12-19(18)21(22)23/h2-12H,1H3. The van der Waals surface area contributed by atoms with Gasteiger partial charge in [-0.3, -0.25) is 10.1 Å². The normalized spacial score (nSPS) is 10.5. The van der Waals surface area contributed by atoms with E-state index < -0.39 is 0 Å². The molecule has 0 N–H and O–H groups in total. The highest BCUT2D eigenvalue weighted by Gasteiger charge is 2.19. The number of benzene rings is 3. The number of hydrogen-bond acceptors (Lipinski definition) is 2. The smallest absolute Gasteiger partial charge is 0.258 e. The van der Waals surface area contributed by atoms with Crippen molar-refractivity contribution in [3.05, 3.63) is 86.9 Å². The largest absolute Gasteiger partial charge is 0.278 e. The van der Waals surface area contributed by atoms with Crippen LogP contribution in [0, 0.1) is 17.0 Å². The molecule has 23 heavy (non-hydrogen) atoms. The van der Waals surface area contributed by atoms with Crippen molar-refractivity contribution < 1.29 is 4.92 Å². The predicted octanol–water partition coefficient (Wildman–Crippen LogP) is 6.00. The average Bonchev–Trinajstić information content (AvgIpc) is 2.55. The fraction of sp³-hybridized carbons (Fsp3) is 0.0526. The Bertz CT molecular complexity index is 890. The Kier molecular flexibility index (Phi) is 4.26. The number of nitro benzene ring substituents is 1. The molecule has 3 rings (SSSR count). The third-order valence-corrected chi connectivity index (χ3v) is 4.30. The summed E-state index contributed by atoms with van der Waals surface area (Å²) in [5, 5.41) is 11.4. The second kappa shape index (κ2) is 6.34. The molecule has 114 valence electrons. The topological polar surface area (TPSA) is 43.1 Å². The molecule has 3 aromatic rings. The van der Waals surface area contributed by atoms with Crippen molar-refractivity contribution in [2.75, 3.05) is 0 Å². The highest BCUT2D eigenvalue weighted by atomic mass is 79.9. The first-order chi connectivity index (χ1) is 11.1. The lowest BCUT2D eigenvalue weighted by Crippen LogP contribution is -1.94. The lowest BCUT2D eigenvalue weighted by Gasteiger charge is -2.12. The molecular formula is C19H14BrNO2. The molecule has 0 spiro atoms. The van der Waals surface area contributed by atoms with E-state index in [9.17, 15) is 10.1 Å². The number of halogens is 1. The van der Waals surface area contributed by atoms with Crippen molar-refractivity contribution in [1.29, 1.82) is 0 Å². The lowest BCUT2D eigenvalue weighted by atomic mass is 9.91. The van der Waals surface area contributed by atoms with Crippen LogP contribution in [0.25, 0.3) is 22.3 Å². The summed E-state index contributed by atoms with van der Waals surface area (Å²) in [4.78, 5) is 11.1. The monoisotopic (exact) mass is 367 g/mol. The van der Waals surface area contributed by atoms with E-state index in [0.29, 0.717) is 10.0 Å². The molecule has 0 saturated heterocycles. The molecule has 0 saturated carbocycles. The Hall–Kier alpha value is -2.46. The van der Waals surface area contributed by atoms with Gasteiger partial charge in [-0.15, -0.1) is 0 Å². The van der Waals surface area contributed by atoms with Gasteiger partial charge in [-0.05, 0) is 41.3 Å². The zero-order valence-electron chi connectivity index (χ0n) is 12.5. The van der Waals surface area contributed by atoms with Gasteiger partial charge in [0.05, 0.1) is 10.5 Å². The van der Waals surface area contributed by atoms with E-state index in [1.54, 1.807) is 12.1 Å². The van der Waals surface area contributed by atoms with Gasteiger partial charge in [0.2, 0.25) is 0 Å². The molecule has 3 nitrogen and oxygen atoms in total. The molecule has 0 aliphatic rings. The van der Waals surface area contributed by atoms with Crippen LogP contribution in [0.1, 0.15) is 5.56 Å². The average molecular weight is 368 g/mol. The number of nitro groups is 1. The van der Waals surface area contributed by atoms with Gasteiger partial charge in [0.25, 0.3) is 5.69 Å². The van der Waals surface area contributed by atoms with Crippen molar-refractivity contribution in [1.82, 2.24) is 0 Å².